The molecule has 0 aromatic heterocycles. The van der Waals surface area contributed by atoms with Gasteiger partial charge in [0.15, 0.2) is 0 Å². The van der Waals surface area contributed by atoms with Crippen LogP contribution in [0.25, 0.3) is 0 Å². The van der Waals surface area contributed by atoms with Crippen LogP contribution in [0.5, 0.6) is 0 Å². The van der Waals surface area contributed by atoms with E-state index in [2.05, 4.69) is 60.6 Å². The molecule has 0 radical (unpaired) electrons. The number of hydrogen-bond donors (Lipinski definition) is 1. The van der Waals surface area contributed by atoms with Gasteiger partial charge in [0.1, 0.15) is 0 Å². The summed E-state index contributed by atoms with van der Waals surface area (Å²) >= 11 is 2.05. The van der Waals surface area contributed by atoms with Gasteiger partial charge in [-0.25, -0.2) is 0 Å². The van der Waals surface area contributed by atoms with Crippen molar-refractivity contribution in [1.29, 1.82) is 0 Å². The van der Waals surface area contributed by atoms with Gasteiger partial charge in [-0.05, 0) is 31.6 Å². The van der Waals surface area contributed by atoms with E-state index in [1.165, 1.54) is 31.2 Å². The van der Waals surface area contributed by atoms with E-state index in [4.69, 9.17) is 0 Å². The molecule has 94 valence electrons. The van der Waals surface area contributed by atoms with E-state index in [-0.39, 0.29) is 0 Å². The molecule has 1 N–H and O–H groups in total. The molecule has 0 saturated heterocycles. The number of nitrogens with one attached hydrogen (secondary N) is 1. The minimum Gasteiger partial charge on any atom is -0.309 e. The monoisotopic (exact) mass is 249 g/mol. The van der Waals surface area contributed by atoms with E-state index in [1.54, 1.807) is 0 Å². The van der Waals surface area contributed by atoms with Crippen molar-refractivity contribution < 1.29 is 0 Å². The molecule has 1 aliphatic rings. The normalized spacial score (nSPS) is 20.4. The molecule has 1 saturated carbocycles. The minimum absolute atomic E-state index is 0.459. The van der Waals surface area contributed by atoms with Gasteiger partial charge in [0.2, 0.25) is 0 Å². The van der Waals surface area contributed by atoms with Crippen LogP contribution in [-0.4, -0.2) is 17.5 Å². The summed E-state index contributed by atoms with van der Waals surface area (Å²) in [5.74, 6) is 0. The third-order valence-corrected chi connectivity index (χ3v) is 5.40. The summed E-state index contributed by atoms with van der Waals surface area (Å²) in [6.07, 6.45) is 7.83. The summed E-state index contributed by atoms with van der Waals surface area (Å²) < 4.78 is 0.503. The molecule has 1 atom stereocenters. The first-order valence-electron chi connectivity index (χ1n) is 6.59. The fourth-order valence-corrected chi connectivity index (χ4v) is 3.60. The summed E-state index contributed by atoms with van der Waals surface area (Å²) in [6, 6.07) is 11.2. The number of thioether (sulfide) groups is 1. The standard InChI is InChI=1S/C15H23NS/c1-13(14-8-4-3-5-9-14)16-12-15(17-2)10-6-7-11-15/h3-5,8-9,13,16H,6-7,10-12H2,1-2H3. The fraction of sp³-hybridized carbons (Fsp3) is 0.600. The molecular formula is C15H23NS. The van der Waals surface area contributed by atoms with Crippen molar-refractivity contribution in [3.05, 3.63) is 35.9 Å². The predicted octanol–water partition coefficient (Wildman–Crippen LogP) is 4.01. The van der Waals surface area contributed by atoms with Crippen molar-refractivity contribution in [2.24, 2.45) is 0 Å². The molecule has 1 unspecified atom stereocenters. The molecule has 1 fully saturated rings. The molecule has 2 heteroatoms. The molecular weight excluding hydrogens is 226 g/mol. The second kappa shape index (κ2) is 5.92. The lowest BCUT2D eigenvalue weighted by Gasteiger charge is -2.29. The van der Waals surface area contributed by atoms with Gasteiger partial charge in [0, 0.05) is 17.3 Å². The quantitative estimate of drug-likeness (QED) is 0.846. The zero-order chi connectivity index (χ0) is 12.1. The van der Waals surface area contributed by atoms with Crippen molar-refractivity contribution >= 4 is 11.8 Å². The van der Waals surface area contributed by atoms with Gasteiger partial charge >= 0.3 is 0 Å². The first kappa shape index (κ1) is 13.0. The van der Waals surface area contributed by atoms with Gasteiger partial charge in [-0.15, -0.1) is 0 Å². The number of rotatable bonds is 5. The summed E-state index contributed by atoms with van der Waals surface area (Å²) in [5, 5.41) is 3.71. The predicted molar refractivity (Wildman–Crippen MR) is 77.6 cm³/mol. The molecule has 0 bridgehead atoms. The maximum Gasteiger partial charge on any atom is 0.0292 e. The van der Waals surface area contributed by atoms with Crippen LogP contribution >= 0.6 is 11.8 Å². The second-order valence-corrected chi connectivity index (χ2v) is 6.38. The van der Waals surface area contributed by atoms with Crippen LogP contribution in [0.3, 0.4) is 0 Å². The van der Waals surface area contributed by atoms with Gasteiger partial charge in [0.05, 0.1) is 0 Å². The summed E-state index contributed by atoms with van der Waals surface area (Å²) in [6.45, 7) is 3.41. The largest absolute Gasteiger partial charge is 0.309 e. The Hall–Kier alpha value is -0.470. The highest BCUT2D eigenvalue weighted by Gasteiger charge is 2.32. The van der Waals surface area contributed by atoms with Crippen molar-refractivity contribution in [2.45, 2.75) is 43.4 Å². The van der Waals surface area contributed by atoms with Crippen LogP contribution in [0, 0.1) is 0 Å². The number of hydrogen-bond acceptors (Lipinski definition) is 2. The molecule has 0 aliphatic heterocycles. The lowest BCUT2D eigenvalue weighted by atomic mass is 10.0. The van der Waals surface area contributed by atoms with E-state index in [0.717, 1.165) is 6.54 Å². The highest BCUT2D eigenvalue weighted by molar-refractivity contribution is 8.00. The maximum atomic E-state index is 3.71. The Morgan fingerprint density at radius 1 is 1.24 bits per heavy atom. The van der Waals surface area contributed by atoms with Crippen LogP contribution in [0.4, 0.5) is 0 Å². The SMILES string of the molecule is CSC1(CNC(C)c2ccccc2)CCCC1. The maximum absolute atomic E-state index is 3.71. The molecule has 1 aromatic carbocycles. The van der Waals surface area contributed by atoms with Crippen molar-refractivity contribution in [3.63, 3.8) is 0 Å². The molecule has 0 spiro atoms. The number of benzene rings is 1. The van der Waals surface area contributed by atoms with Gasteiger partial charge < -0.3 is 5.32 Å². The zero-order valence-electron chi connectivity index (χ0n) is 10.9. The van der Waals surface area contributed by atoms with Crippen LogP contribution in [-0.2, 0) is 0 Å². The van der Waals surface area contributed by atoms with Crippen LogP contribution < -0.4 is 5.32 Å². The van der Waals surface area contributed by atoms with Gasteiger partial charge in [-0.2, -0.15) is 11.8 Å². The summed E-state index contributed by atoms with van der Waals surface area (Å²) in [4.78, 5) is 0. The van der Waals surface area contributed by atoms with E-state index < -0.39 is 0 Å². The topological polar surface area (TPSA) is 12.0 Å². The second-order valence-electron chi connectivity index (χ2n) is 5.11. The average molecular weight is 249 g/mol. The third kappa shape index (κ3) is 3.26. The highest BCUT2D eigenvalue weighted by Crippen LogP contribution is 2.39. The third-order valence-electron chi connectivity index (χ3n) is 3.98. The summed E-state index contributed by atoms with van der Waals surface area (Å²) in [7, 11) is 0. The van der Waals surface area contributed by atoms with Crippen molar-refractivity contribution in [3.8, 4) is 0 Å². The average Bonchev–Trinajstić information content (AvgIpc) is 2.86. The molecule has 2 rings (SSSR count). The van der Waals surface area contributed by atoms with Crippen molar-refractivity contribution in [1.82, 2.24) is 5.32 Å². The Bertz CT molecular complexity index is 330. The first-order chi connectivity index (χ1) is 8.26. The molecule has 0 amide bonds. The minimum atomic E-state index is 0.459. The fourth-order valence-electron chi connectivity index (χ4n) is 2.67. The Balaban J connectivity index is 1.89. The first-order valence-corrected chi connectivity index (χ1v) is 7.82. The van der Waals surface area contributed by atoms with Gasteiger partial charge in [-0.3, -0.25) is 0 Å². The van der Waals surface area contributed by atoms with Crippen LogP contribution in [0.15, 0.2) is 30.3 Å². The molecule has 1 aliphatic carbocycles. The Morgan fingerprint density at radius 3 is 2.47 bits per heavy atom. The van der Waals surface area contributed by atoms with Crippen molar-refractivity contribution in [2.75, 3.05) is 12.8 Å². The Labute approximate surface area is 109 Å². The lowest BCUT2D eigenvalue weighted by molar-refractivity contribution is 0.486. The smallest absolute Gasteiger partial charge is 0.0292 e. The Kier molecular flexibility index (Phi) is 4.52. The molecule has 17 heavy (non-hydrogen) atoms. The molecule has 1 aromatic rings. The Morgan fingerprint density at radius 2 is 1.88 bits per heavy atom. The van der Waals surface area contributed by atoms with E-state index in [1.807, 2.05) is 0 Å². The highest BCUT2D eigenvalue weighted by atomic mass is 32.2. The molecule has 1 nitrogen and oxygen atoms in total. The van der Waals surface area contributed by atoms with E-state index in [0.29, 0.717) is 10.8 Å². The molecule has 0 heterocycles. The van der Waals surface area contributed by atoms with Gasteiger partial charge in [0.25, 0.3) is 0 Å². The summed E-state index contributed by atoms with van der Waals surface area (Å²) in [5.41, 5.74) is 1.39. The van der Waals surface area contributed by atoms with Crippen LogP contribution in [0.1, 0.15) is 44.2 Å². The van der Waals surface area contributed by atoms with Gasteiger partial charge in [-0.1, -0.05) is 43.2 Å². The van der Waals surface area contributed by atoms with E-state index in [9.17, 15) is 0 Å². The lowest BCUT2D eigenvalue weighted by Crippen LogP contribution is -2.36. The zero-order valence-corrected chi connectivity index (χ0v) is 11.7. The van der Waals surface area contributed by atoms with E-state index >= 15 is 0 Å². The van der Waals surface area contributed by atoms with Crippen LogP contribution in [0.2, 0.25) is 0 Å².